The number of primary amides is 1. The molecule has 12 nitrogen and oxygen atoms in total. The van der Waals surface area contributed by atoms with Gasteiger partial charge in [0.2, 0.25) is 5.78 Å². The Balaban J connectivity index is 2.72. The molecule has 0 aromatic heterocycles. The van der Waals surface area contributed by atoms with Crippen molar-refractivity contribution in [1.82, 2.24) is 5.32 Å². The molecule has 2 aliphatic rings. The van der Waals surface area contributed by atoms with Crippen LogP contribution in [0.4, 0.5) is 4.79 Å². The standard InChI is InChI=1S/C30H42N2O10/c1-15-10-9-11-21(38-5)28(42-30(31)37)17(3)12-16(2)27(41-8)22(39-6)13-18(4)26(40-7)19-14-20(33)25(35)23(24(19)34)32-29(15)36/h9-12,14,16,18,21-22,26-28,34H,13H2,1-8H3,(H2,31,37)(H,32,36)/t16-,18-,21-,22-,26+,27+,28-/m0/s1. The quantitative estimate of drug-likeness (QED) is 0.245. The van der Waals surface area contributed by atoms with Gasteiger partial charge in [0.15, 0.2) is 6.10 Å². The predicted molar refractivity (Wildman–Crippen MR) is 153 cm³/mol. The van der Waals surface area contributed by atoms with Crippen LogP contribution in [0.25, 0.3) is 0 Å². The van der Waals surface area contributed by atoms with Gasteiger partial charge in [0.1, 0.15) is 17.6 Å². The average molecular weight is 591 g/mol. The van der Waals surface area contributed by atoms with Crippen molar-refractivity contribution in [3.63, 3.8) is 0 Å². The number of aliphatic hydroxyl groups excluding tert-OH is 1. The molecule has 1 heterocycles. The number of rotatable bonds is 5. The lowest BCUT2D eigenvalue weighted by atomic mass is 9.84. The van der Waals surface area contributed by atoms with Gasteiger partial charge in [0, 0.05) is 45.5 Å². The van der Waals surface area contributed by atoms with Crippen molar-refractivity contribution in [1.29, 1.82) is 0 Å². The normalized spacial score (nSPS) is 30.3. The minimum atomic E-state index is -1.06. The molecule has 2 amide bonds. The van der Waals surface area contributed by atoms with E-state index >= 15 is 0 Å². The minimum absolute atomic E-state index is 0.0614. The van der Waals surface area contributed by atoms with Gasteiger partial charge in [-0.05, 0) is 37.8 Å². The van der Waals surface area contributed by atoms with Crippen molar-refractivity contribution in [3.05, 3.63) is 58.6 Å². The number of fused-ring (bicyclic) bond motifs is 1. The first-order valence-electron chi connectivity index (χ1n) is 13.5. The maximum absolute atomic E-state index is 12.9. The Kier molecular flexibility index (Phi) is 12.9. The zero-order chi connectivity index (χ0) is 31.7. The van der Waals surface area contributed by atoms with E-state index in [9.17, 15) is 24.3 Å². The average Bonchev–Trinajstić information content (AvgIpc) is 2.94. The summed E-state index contributed by atoms with van der Waals surface area (Å²) in [7, 11) is 5.94. The molecule has 232 valence electrons. The van der Waals surface area contributed by atoms with Crippen LogP contribution in [-0.4, -0.2) is 87.6 Å². The number of hydrogen-bond donors (Lipinski definition) is 3. The van der Waals surface area contributed by atoms with Gasteiger partial charge in [0.25, 0.3) is 11.7 Å². The van der Waals surface area contributed by atoms with Crippen LogP contribution >= 0.6 is 0 Å². The van der Waals surface area contributed by atoms with Crippen molar-refractivity contribution in [2.75, 3.05) is 28.4 Å². The molecule has 0 aromatic rings. The van der Waals surface area contributed by atoms with E-state index < -0.39 is 65.5 Å². The highest BCUT2D eigenvalue weighted by atomic mass is 16.6. The Morgan fingerprint density at radius 2 is 1.67 bits per heavy atom. The van der Waals surface area contributed by atoms with Gasteiger partial charge in [-0.3, -0.25) is 14.4 Å². The molecule has 7 atom stereocenters. The third kappa shape index (κ3) is 8.25. The van der Waals surface area contributed by atoms with Crippen molar-refractivity contribution >= 4 is 23.6 Å². The smallest absolute Gasteiger partial charge is 0.405 e. The fraction of sp³-hybridized carbons (Fsp3) is 0.533. The summed E-state index contributed by atoms with van der Waals surface area (Å²) in [5.41, 5.74) is 5.67. The number of aliphatic hydroxyl groups is 1. The molecule has 12 heteroatoms. The number of methoxy groups -OCH3 is 4. The highest BCUT2D eigenvalue weighted by Crippen LogP contribution is 2.32. The first kappa shape index (κ1) is 34.6. The first-order valence-corrected chi connectivity index (χ1v) is 13.5. The number of ether oxygens (including phenoxy) is 5. The number of ketones is 2. The van der Waals surface area contributed by atoms with Gasteiger partial charge < -0.3 is 39.8 Å². The highest BCUT2D eigenvalue weighted by molar-refractivity contribution is 6.48. The Labute approximate surface area is 246 Å². The van der Waals surface area contributed by atoms with Gasteiger partial charge in [-0.15, -0.1) is 0 Å². The number of allylic oxidation sites excluding steroid dienone is 4. The van der Waals surface area contributed by atoms with Gasteiger partial charge in [-0.1, -0.05) is 38.2 Å². The van der Waals surface area contributed by atoms with Crippen LogP contribution in [0.5, 0.6) is 0 Å². The maximum Gasteiger partial charge on any atom is 0.405 e. The molecule has 1 aliphatic carbocycles. The summed E-state index contributed by atoms with van der Waals surface area (Å²) in [6.45, 7) is 7.01. The summed E-state index contributed by atoms with van der Waals surface area (Å²) in [6, 6.07) is 0. The number of carbonyl (C=O) groups is 4. The third-order valence-electron chi connectivity index (χ3n) is 7.42. The number of nitrogens with one attached hydrogen (secondary N) is 1. The topological polar surface area (TPSA) is 173 Å². The van der Waals surface area contributed by atoms with Gasteiger partial charge >= 0.3 is 6.09 Å². The highest BCUT2D eigenvalue weighted by Gasteiger charge is 2.38. The number of nitrogens with two attached hydrogens (primary N) is 1. The van der Waals surface area contributed by atoms with E-state index in [2.05, 4.69) is 5.32 Å². The zero-order valence-electron chi connectivity index (χ0n) is 25.3. The Morgan fingerprint density at radius 1 is 1.00 bits per heavy atom. The van der Waals surface area contributed by atoms with Crippen molar-refractivity contribution < 1.29 is 48.0 Å². The molecule has 42 heavy (non-hydrogen) atoms. The third-order valence-corrected chi connectivity index (χ3v) is 7.42. The summed E-state index contributed by atoms with van der Waals surface area (Å²) >= 11 is 0. The lowest BCUT2D eigenvalue weighted by Gasteiger charge is -2.34. The number of carbonyl (C=O) groups excluding carboxylic acids is 4. The molecule has 0 unspecified atom stereocenters. The van der Waals surface area contributed by atoms with Crippen LogP contribution in [0.3, 0.4) is 0 Å². The second-order valence-corrected chi connectivity index (χ2v) is 10.4. The zero-order valence-corrected chi connectivity index (χ0v) is 25.3. The van der Waals surface area contributed by atoms with E-state index in [0.29, 0.717) is 12.0 Å². The summed E-state index contributed by atoms with van der Waals surface area (Å²) < 4.78 is 28.3. The Morgan fingerprint density at radius 3 is 2.21 bits per heavy atom. The van der Waals surface area contributed by atoms with Crippen LogP contribution < -0.4 is 11.1 Å². The van der Waals surface area contributed by atoms with Crippen molar-refractivity contribution in [3.8, 4) is 0 Å². The lowest BCUT2D eigenvalue weighted by molar-refractivity contribution is -0.132. The van der Waals surface area contributed by atoms with E-state index in [1.165, 1.54) is 40.4 Å². The van der Waals surface area contributed by atoms with Gasteiger partial charge in [-0.25, -0.2) is 4.79 Å². The molecule has 0 saturated carbocycles. The van der Waals surface area contributed by atoms with E-state index in [-0.39, 0.29) is 23.0 Å². The Hall–Kier alpha value is -3.58. The summed E-state index contributed by atoms with van der Waals surface area (Å²) in [5.74, 6) is -3.87. The maximum atomic E-state index is 12.9. The summed E-state index contributed by atoms with van der Waals surface area (Å²) in [6.07, 6.45) is 3.30. The Bertz CT molecular complexity index is 1200. The van der Waals surface area contributed by atoms with Crippen molar-refractivity contribution in [2.24, 2.45) is 17.6 Å². The molecule has 0 radical (unpaired) electrons. The van der Waals surface area contributed by atoms with Gasteiger partial charge in [-0.2, -0.15) is 0 Å². The number of hydrogen-bond acceptors (Lipinski definition) is 10. The molecule has 0 saturated heterocycles. The molecule has 2 bridgehead atoms. The lowest BCUT2D eigenvalue weighted by Crippen LogP contribution is -2.40. The van der Waals surface area contributed by atoms with Crippen LogP contribution in [0.15, 0.2) is 58.6 Å². The second kappa shape index (κ2) is 15.6. The monoisotopic (exact) mass is 590 g/mol. The number of amides is 2. The van der Waals surface area contributed by atoms with Crippen LogP contribution in [-0.2, 0) is 38.1 Å². The second-order valence-electron chi connectivity index (χ2n) is 10.4. The molecule has 2 rings (SSSR count). The summed E-state index contributed by atoms with van der Waals surface area (Å²) in [5, 5.41) is 13.4. The molecular weight excluding hydrogens is 548 g/mol. The summed E-state index contributed by atoms with van der Waals surface area (Å²) in [4.78, 5) is 50.0. The van der Waals surface area contributed by atoms with Crippen LogP contribution in [0.1, 0.15) is 34.1 Å². The first-order chi connectivity index (χ1) is 19.8. The fourth-order valence-corrected chi connectivity index (χ4v) is 5.26. The minimum Gasteiger partial charge on any atom is -0.505 e. The van der Waals surface area contributed by atoms with Crippen molar-refractivity contribution in [2.45, 2.75) is 64.6 Å². The van der Waals surface area contributed by atoms with E-state index in [4.69, 9.17) is 29.4 Å². The number of Topliss-reactive ketones (excluding diaryl/α,β-unsaturated/α-hetero) is 1. The van der Waals surface area contributed by atoms with Crippen LogP contribution in [0.2, 0.25) is 0 Å². The van der Waals surface area contributed by atoms with E-state index in [1.807, 2.05) is 19.9 Å². The molecular formula is C30H42N2O10. The van der Waals surface area contributed by atoms with Gasteiger partial charge in [0.05, 0.1) is 18.3 Å². The van der Waals surface area contributed by atoms with E-state index in [0.717, 1.165) is 6.08 Å². The molecule has 1 aliphatic heterocycles. The van der Waals surface area contributed by atoms with Crippen LogP contribution in [0, 0.1) is 11.8 Å². The molecule has 0 aromatic carbocycles. The fourth-order valence-electron chi connectivity index (χ4n) is 5.26. The predicted octanol–water partition coefficient (Wildman–Crippen LogP) is 2.60. The molecule has 0 fully saturated rings. The largest absolute Gasteiger partial charge is 0.505 e. The van der Waals surface area contributed by atoms with E-state index in [1.54, 1.807) is 20.1 Å². The SMILES string of the molecule is CO[C@H]1[C@@H](OC)C[C@H](C)[C@@H](OC)C2=CC(=O)C(=O)C(=C2O)NC(=O)C(C)=CC=C[C@H](OC)[C@@H](OC(N)=O)C(C)=C[C@@H]1C. The molecule has 4 N–H and O–H groups in total. The molecule has 0 spiro atoms.